The Labute approximate surface area is 168 Å². The summed E-state index contributed by atoms with van der Waals surface area (Å²) >= 11 is 0. The van der Waals surface area contributed by atoms with Crippen molar-refractivity contribution in [2.75, 3.05) is 33.8 Å². The number of aromatic nitrogens is 2. The molecule has 1 atom stereocenters. The Morgan fingerprint density at radius 3 is 2.71 bits per heavy atom. The fourth-order valence-corrected chi connectivity index (χ4v) is 3.79. The first-order chi connectivity index (χ1) is 13.4. The van der Waals surface area contributed by atoms with Gasteiger partial charge in [0.2, 0.25) is 0 Å². The van der Waals surface area contributed by atoms with Gasteiger partial charge in [-0.1, -0.05) is 32.9 Å². The van der Waals surface area contributed by atoms with E-state index in [0.29, 0.717) is 6.54 Å². The maximum Gasteiger partial charge on any atom is 0.144 e. The van der Waals surface area contributed by atoms with Crippen LogP contribution < -0.4 is 4.74 Å². The van der Waals surface area contributed by atoms with E-state index in [4.69, 9.17) is 9.84 Å². The number of para-hydroxylation sites is 2. The van der Waals surface area contributed by atoms with Crippen molar-refractivity contribution in [2.45, 2.75) is 46.4 Å². The molecule has 3 rings (SSSR count). The molecule has 1 unspecified atom stereocenters. The summed E-state index contributed by atoms with van der Waals surface area (Å²) in [5, 5.41) is 15.3. The molecule has 0 amide bonds. The molecule has 0 bridgehead atoms. The van der Waals surface area contributed by atoms with E-state index in [1.807, 2.05) is 18.2 Å². The number of likely N-dealkylation sites (N-methyl/N-ethyl adjacent to an activating group) is 2. The van der Waals surface area contributed by atoms with Crippen LogP contribution in [0.1, 0.15) is 37.7 Å². The summed E-state index contributed by atoms with van der Waals surface area (Å²) in [6.07, 6.45) is 0.649. The molecule has 2 aromatic rings. The monoisotopic (exact) mass is 386 g/mol. The van der Waals surface area contributed by atoms with E-state index < -0.39 is 0 Å². The third kappa shape index (κ3) is 4.40. The standard InChI is InChI=1S/C22H34N4O2/c1-6-25-12-11-19-17(13-25)18(14-24(4)15-21(27)16(2)3)23-26(19)20-9-7-8-10-22(20)28-5/h7-10,16,21,27H,6,11-15H2,1-5H3. The summed E-state index contributed by atoms with van der Waals surface area (Å²) in [4.78, 5) is 4.63. The molecule has 1 aromatic carbocycles. The summed E-state index contributed by atoms with van der Waals surface area (Å²) < 4.78 is 7.66. The van der Waals surface area contributed by atoms with Crippen molar-refractivity contribution >= 4 is 0 Å². The second-order valence-corrected chi connectivity index (χ2v) is 8.08. The van der Waals surface area contributed by atoms with E-state index in [1.165, 1.54) is 11.3 Å². The Hall–Kier alpha value is -1.89. The van der Waals surface area contributed by atoms with Crippen LogP contribution in [0.25, 0.3) is 5.69 Å². The molecule has 6 heteroatoms. The predicted molar refractivity (Wildman–Crippen MR) is 112 cm³/mol. The third-order valence-electron chi connectivity index (χ3n) is 5.67. The van der Waals surface area contributed by atoms with Crippen LogP contribution in [-0.4, -0.2) is 64.6 Å². The molecule has 1 aliphatic rings. The molecule has 0 saturated heterocycles. The molecular formula is C22H34N4O2. The van der Waals surface area contributed by atoms with Crippen molar-refractivity contribution in [3.8, 4) is 11.4 Å². The Morgan fingerprint density at radius 1 is 1.29 bits per heavy atom. The highest BCUT2D eigenvalue weighted by Crippen LogP contribution is 2.30. The zero-order chi connectivity index (χ0) is 20.3. The molecule has 0 aliphatic carbocycles. The second kappa shape index (κ2) is 9.07. The fraction of sp³-hybridized carbons (Fsp3) is 0.591. The van der Waals surface area contributed by atoms with Gasteiger partial charge in [0.1, 0.15) is 11.4 Å². The number of hydrogen-bond acceptors (Lipinski definition) is 5. The zero-order valence-corrected chi connectivity index (χ0v) is 17.9. The Morgan fingerprint density at radius 2 is 2.04 bits per heavy atom. The topological polar surface area (TPSA) is 53.8 Å². The van der Waals surface area contributed by atoms with Gasteiger partial charge in [0.05, 0.1) is 24.6 Å². The lowest BCUT2D eigenvalue weighted by Gasteiger charge is -2.27. The fourth-order valence-electron chi connectivity index (χ4n) is 3.79. The highest BCUT2D eigenvalue weighted by atomic mass is 16.5. The van der Waals surface area contributed by atoms with Crippen LogP contribution in [0.5, 0.6) is 5.75 Å². The third-order valence-corrected chi connectivity index (χ3v) is 5.67. The Balaban J connectivity index is 1.95. The summed E-state index contributed by atoms with van der Waals surface area (Å²) in [6.45, 7) is 10.7. The minimum absolute atomic E-state index is 0.248. The second-order valence-electron chi connectivity index (χ2n) is 8.08. The van der Waals surface area contributed by atoms with E-state index in [-0.39, 0.29) is 12.0 Å². The largest absolute Gasteiger partial charge is 0.494 e. The number of fused-ring (bicyclic) bond motifs is 1. The highest BCUT2D eigenvalue weighted by molar-refractivity contribution is 5.49. The number of aliphatic hydroxyl groups is 1. The SMILES string of the molecule is CCN1CCc2c(c(CN(C)CC(O)C(C)C)nn2-c2ccccc2OC)C1. The molecule has 28 heavy (non-hydrogen) atoms. The van der Waals surface area contributed by atoms with E-state index >= 15 is 0 Å². The van der Waals surface area contributed by atoms with Crippen molar-refractivity contribution in [3.05, 3.63) is 41.2 Å². The Bertz CT molecular complexity index is 787. The van der Waals surface area contributed by atoms with Crippen LogP contribution in [0.15, 0.2) is 24.3 Å². The average Bonchev–Trinajstić information content (AvgIpc) is 3.04. The van der Waals surface area contributed by atoms with Gasteiger partial charge in [-0.3, -0.25) is 9.80 Å². The summed E-state index contributed by atoms with van der Waals surface area (Å²) in [7, 11) is 3.76. The van der Waals surface area contributed by atoms with Crippen LogP contribution >= 0.6 is 0 Å². The maximum absolute atomic E-state index is 10.3. The lowest BCUT2D eigenvalue weighted by atomic mass is 10.0. The molecule has 0 fully saturated rings. The van der Waals surface area contributed by atoms with Crippen LogP contribution in [0, 0.1) is 5.92 Å². The van der Waals surface area contributed by atoms with Gasteiger partial charge >= 0.3 is 0 Å². The van der Waals surface area contributed by atoms with Gasteiger partial charge in [0.15, 0.2) is 0 Å². The minimum Gasteiger partial charge on any atom is -0.494 e. The summed E-state index contributed by atoms with van der Waals surface area (Å²) in [5.74, 6) is 1.08. The number of methoxy groups -OCH3 is 1. The highest BCUT2D eigenvalue weighted by Gasteiger charge is 2.26. The van der Waals surface area contributed by atoms with Gasteiger partial charge in [0, 0.05) is 38.2 Å². The molecule has 1 aromatic heterocycles. The molecule has 1 aliphatic heterocycles. The van der Waals surface area contributed by atoms with Gasteiger partial charge in [-0.2, -0.15) is 5.10 Å². The van der Waals surface area contributed by atoms with Crippen molar-refractivity contribution in [1.29, 1.82) is 0 Å². The molecule has 0 spiro atoms. The van der Waals surface area contributed by atoms with Crippen molar-refractivity contribution in [2.24, 2.45) is 5.92 Å². The van der Waals surface area contributed by atoms with Crippen molar-refractivity contribution in [1.82, 2.24) is 19.6 Å². The minimum atomic E-state index is -0.329. The van der Waals surface area contributed by atoms with Gasteiger partial charge < -0.3 is 9.84 Å². The van der Waals surface area contributed by atoms with Gasteiger partial charge in [-0.25, -0.2) is 4.68 Å². The molecule has 6 nitrogen and oxygen atoms in total. The first kappa shape index (κ1) is 20.8. The first-order valence-corrected chi connectivity index (χ1v) is 10.3. The van der Waals surface area contributed by atoms with Gasteiger partial charge in [-0.05, 0) is 31.6 Å². The lowest BCUT2D eigenvalue weighted by Crippen LogP contribution is -2.33. The van der Waals surface area contributed by atoms with Crippen LogP contribution in [0.2, 0.25) is 0 Å². The quantitative estimate of drug-likeness (QED) is 0.756. The molecule has 2 heterocycles. The lowest BCUT2D eigenvalue weighted by molar-refractivity contribution is 0.0832. The molecule has 0 saturated carbocycles. The van der Waals surface area contributed by atoms with E-state index in [2.05, 4.69) is 48.4 Å². The van der Waals surface area contributed by atoms with Gasteiger partial charge in [0.25, 0.3) is 0 Å². The van der Waals surface area contributed by atoms with Crippen LogP contribution in [0.4, 0.5) is 0 Å². The first-order valence-electron chi connectivity index (χ1n) is 10.3. The van der Waals surface area contributed by atoms with Crippen LogP contribution in [-0.2, 0) is 19.5 Å². The number of rotatable bonds is 8. The maximum atomic E-state index is 10.3. The van der Waals surface area contributed by atoms with Gasteiger partial charge in [-0.15, -0.1) is 0 Å². The molecule has 154 valence electrons. The zero-order valence-electron chi connectivity index (χ0n) is 17.9. The number of ether oxygens (including phenoxy) is 1. The molecule has 1 N–H and O–H groups in total. The van der Waals surface area contributed by atoms with Crippen LogP contribution in [0.3, 0.4) is 0 Å². The summed E-state index contributed by atoms with van der Waals surface area (Å²) in [6, 6.07) is 8.06. The predicted octanol–water partition coefficient (Wildman–Crippen LogP) is 2.71. The summed E-state index contributed by atoms with van der Waals surface area (Å²) in [5.41, 5.74) is 4.69. The van der Waals surface area contributed by atoms with Crippen molar-refractivity contribution in [3.63, 3.8) is 0 Å². The number of hydrogen-bond donors (Lipinski definition) is 1. The number of benzene rings is 1. The van der Waals surface area contributed by atoms with Crippen molar-refractivity contribution < 1.29 is 9.84 Å². The molecule has 0 radical (unpaired) electrons. The van der Waals surface area contributed by atoms with E-state index in [9.17, 15) is 5.11 Å². The Kier molecular flexibility index (Phi) is 6.75. The average molecular weight is 387 g/mol. The van der Waals surface area contributed by atoms with E-state index in [0.717, 1.165) is 49.7 Å². The number of nitrogens with zero attached hydrogens (tertiary/aromatic N) is 4. The smallest absolute Gasteiger partial charge is 0.144 e. The normalized spacial score (nSPS) is 15.9. The number of aliphatic hydroxyl groups excluding tert-OH is 1. The molecular weight excluding hydrogens is 352 g/mol. The van der Waals surface area contributed by atoms with E-state index in [1.54, 1.807) is 7.11 Å².